The van der Waals surface area contributed by atoms with Gasteiger partial charge in [0.2, 0.25) is 5.91 Å². The first kappa shape index (κ1) is 23.1. The zero-order valence-corrected chi connectivity index (χ0v) is 20.1. The zero-order chi connectivity index (χ0) is 23.6. The Hall–Kier alpha value is -3.03. The van der Waals surface area contributed by atoms with Crippen molar-refractivity contribution in [1.29, 1.82) is 0 Å². The van der Waals surface area contributed by atoms with Gasteiger partial charge >= 0.3 is 0 Å². The van der Waals surface area contributed by atoms with Crippen LogP contribution in [0.2, 0.25) is 5.02 Å². The number of rotatable bonds is 7. The number of benzene rings is 2. The number of nitrogens with zero attached hydrogens (tertiary/aromatic N) is 3. The van der Waals surface area contributed by atoms with Crippen LogP contribution >= 0.6 is 11.6 Å². The Morgan fingerprint density at radius 2 is 2.03 bits per heavy atom. The number of fused-ring (bicyclic) bond motifs is 1. The normalized spacial score (nSPS) is 17.4. The molecule has 0 bridgehead atoms. The molecular formula is C25H29ClN4O3. The SMILES string of the molecule is CN(C)CCOc1cc(-c2cn[nH]c2)ccc1N(C)C(=O)C1(C)COc2ccc(Cl)cc2C1. The quantitative estimate of drug-likeness (QED) is 0.560. The molecule has 8 heteroatoms. The van der Waals surface area contributed by atoms with Crippen LogP contribution in [0.5, 0.6) is 11.5 Å². The van der Waals surface area contributed by atoms with E-state index in [1.807, 2.05) is 57.5 Å². The highest BCUT2D eigenvalue weighted by molar-refractivity contribution is 6.30. The van der Waals surface area contributed by atoms with Crippen LogP contribution in [0.15, 0.2) is 48.8 Å². The summed E-state index contributed by atoms with van der Waals surface area (Å²) in [5.41, 5.74) is 2.84. The van der Waals surface area contributed by atoms with E-state index in [0.29, 0.717) is 36.1 Å². The van der Waals surface area contributed by atoms with Crippen LogP contribution in [0.3, 0.4) is 0 Å². The number of amides is 1. The van der Waals surface area contributed by atoms with Crippen LogP contribution in [0.4, 0.5) is 5.69 Å². The average Bonchev–Trinajstić information content (AvgIpc) is 3.32. The Morgan fingerprint density at radius 3 is 2.76 bits per heavy atom. The first-order chi connectivity index (χ1) is 15.8. The highest BCUT2D eigenvalue weighted by Gasteiger charge is 2.41. The van der Waals surface area contributed by atoms with E-state index in [1.54, 1.807) is 24.2 Å². The van der Waals surface area contributed by atoms with Gasteiger partial charge in [-0.05, 0) is 68.9 Å². The van der Waals surface area contributed by atoms with Gasteiger partial charge in [-0.2, -0.15) is 5.10 Å². The number of carbonyl (C=O) groups is 1. The second-order valence-corrected chi connectivity index (χ2v) is 9.40. The van der Waals surface area contributed by atoms with Crippen molar-refractivity contribution in [3.63, 3.8) is 0 Å². The van der Waals surface area contributed by atoms with E-state index < -0.39 is 5.41 Å². The molecule has 0 radical (unpaired) electrons. The molecule has 1 amide bonds. The zero-order valence-electron chi connectivity index (χ0n) is 19.4. The summed E-state index contributed by atoms with van der Waals surface area (Å²) in [6.45, 7) is 3.50. The predicted octanol–water partition coefficient (Wildman–Crippen LogP) is 4.27. The van der Waals surface area contributed by atoms with Crippen molar-refractivity contribution in [2.24, 2.45) is 5.41 Å². The summed E-state index contributed by atoms with van der Waals surface area (Å²) in [5.74, 6) is 1.39. The van der Waals surface area contributed by atoms with E-state index in [0.717, 1.165) is 29.0 Å². The van der Waals surface area contributed by atoms with Crippen LogP contribution in [-0.2, 0) is 11.2 Å². The molecule has 7 nitrogen and oxygen atoms in total. The molecule has 0 spiro atoms. The number of aromatic amines is 1. The number of halogens is 1. The van der Waals surface area contributed by atoms with E-state index >= 15 is 0 Å². The van der Waals surface area contributed by atoms with Gasteiger partial charge < -0.3 is 19.3 Å². The molecule has 2 aromatic carbocycles. The fourth-order valence-electron chi connectivity index (χ4n) is 4.02. The first-order valence-electron chi connectivity index (χ1n) is 10.9. The summed E-state index contributed by atoms with van der Waals surface area (Å²) >= 11 is 6.18. The molecule has 0 saturated heterocycles. The van der Waals surface area contributed by atoms with Gasteiger partial charge in [0.25, 0.3) is 0 Å². The molecule has 1 aliphatic heterocycles. The first-order valence-corrected chi connectivity index (χ1v) is 11.2. The lowest BCUT2D eigenvalue weighted by atomic mass is 9.81. The molecule has 1 unspecified atom stereocenters. The molecule has 1 aliphatic rings. The summed E-state index contributed by atoms with van der Waals surface area (Å²) in [6, 6.07) is 11.4. The Labute approximate surface area is 199 Å². The van der Waals surface area contributed by atoms with Crippen molar-refractivity contribution in [3.05, 3.63) is 59.4 Å². The number of anilines is 1. The van der Waals surface area contributed by atoms with Crippen LogP contribution in [0.25, 0.3) is 11.1 Å². The largest absolute Gasteiger partial charge is 0.492 e. The molecular weight excluding hydrogens is 440 g/mol. The number of ether oxygens (including phenoxy) is 2. The van der Waals surface area contributed by atoms with Crippen LogP contribution in [0.1, 0.15) is 12.5 Å². The standard InChI is InChI=1S/C25H29ClN4O3/c1-25(13-18-11-20(26)6-8-22(18)33-16-25)24(31)30(4)21-7-5-17(19-14-27-28-15-19)12-23(21)32-10-9-29(2)3/h5-8,11-12,14-15H,9-10,13,16H2,1-4H3,(H,27,28). The number of nitrogens with one attached hydrogen (secondary N) is 1. The summed E-state index contributed by atoms with van der Waals surface area (Å²) in [7, 11) is 5.78. The number of H-pyrrole nitrogens is 1. The third kappa shape index (κ3) is 4.99. The Kier molecular flexibility index (Phi) is 6.63. The molecule has 0 aliphatic carbocycles. The van der Waals surface area contributed by atoms with Crippen molar-refractivity contribution in [3.8, 4) is 22.6 Å². The average molecular weight is 469 g/mol. The summed E-state index contributed by atoms with van der Waals surface area (Å²) < 4.78 is 12.1. The number of likely N-dealkylation sites (N-methyl/N-ethyl adjacent to an activating group) is 1. The monoisotopic (exact) mass is 468 g/mol. The Balaban J connectivity index is 1.62. The second kappa shape index (κ2) is 9.45. The van der Waals surface area contributed by atoms with Gasteiger partial charge in [0.15, 0.2) is 0 Å². The minimum absolute atomic E-state index is 0.0401. The van der Waals surface area contributed by atoms with Gasteiger partial charge in [0, 0.05) is 30.4 Å². The highest BCUT2D eigenvalue weighted by atomic mass is 35.5. The number of hydrogen-bond acceptors (Lipinski definition) is 5. The number of hydrogen-bond donors (Lipinski definition) is 1. The molecule has 33 heavy (non-hydrogen) atoms. The van der Waals surface area contributed by atoms with E-state index in [-0.39, 0.29) is 5.91 Å². The van der Waals surface area contributed by atoms with E-state index in [9.17, 15) is 4.79 Å². The molecule has 1 aromatic heterocycles. The maximum Gasteiger partial charge on any atom is 0.236 e. The lowest BCUT2D eigenvalue weighted by Gasteiger charge is -2.37. The molecule has 1 N–H and O–H groups in total. The molecule has 174 valence electrons. The Bertz CT molecular complexity index is 1130. The maximum absolute atomic E-state index is 13.7. The fraction of sp³-hybridized carbons (Fsp3) is 0.360. The minimum atomic E-state index is -0.726. The molecule has 2 heterocycles. The molecule has 3 aromatic rings. The van der Waals surface area contributed by atoms with Gasteiger partial charge in [-0.15, -0.1) is 0 Å². The Morgan fingerprint density at radius 1 is 1.21 bits per heavy atom. The van der Waals surface area contributed by atoms with E-state index in [2.05, 4.69) is 15.1 Å². The van der Waals surface area contributed by atoms with Crippen molar-refractivity contribution < 1.29 is 14.3 Å². The van der Waals surface area contributed by atoms with E-state index in [1.165, 1.54) is 0 Å². The van der Waals surface area contributed by atoms with Gasteiger partial charge in [0.1, 0.15) is 24.7 Å². The predicted molar refractivity (Wildman–Crippen MR) is 130 cm³/mol. The van der Waals surface area contributed by atoms with Gasteiger partial charge in [-0.1, -0.05) is 17.7 Å². The van der Waals surface area contributed by atoms with Crippen molar-refractivity contribution >= 4 is 23.2 Å². The molecule has 0 saturated carbocycles. The van der Waals surface area contributed by atoms with Crippen LogP contribution in [-0.4, -0.2) is 61.9 Å². The summed E-state index contributed by atoms with van der Waals surface area (Å²) in [4.78, 5) is 17.4. The third-order valence-corrected chi connectivity index (χ3v) is 6.15. The molecule has 4 rings (SSSR count). The highest BCUT2D eigenvalue weighted by Crippen LogP contribution is 2.40. The summed E-state index contributed by atoms with van der Waals surface area (Å²) in [6.07, 6.45) is 4.14. The number of aromatic nitrogens is 2. The van der Waals surface area contributed by atoms with Crippen molar-refractivity contribution in [2.75, 3.05) is 45.8 Å². The lowest BCUT2D eigenvalue weighted by Crippen LogP contribution is -2.47. The fourth-order valence-corrected chi connectivity index (χ4v) is 4.22. The van der Waals surface area contributed by atoms with Gasteiger partial charge in [-0.3, -0.25) is 9.89 Å². The van der Waals surface area contributed by atoms with Crippen molar-refractivity contribution in [1.82, 2.24) is 15.1 Å². The lowest BCUT2D eigenvalue weighted by molar-refractivity contribution is -0.129. The van der Waals surface area contributed by atoms with Gasteiger partial charge in [-0.25, -0.2) is 0 Å². The van der Waals surface area contributed by atoms with Crippen LogP contribution in [0, 0.1) is 5.41 Å². The minimum Gasteiger partial charge on any atom is -0.492 e. The topological polar surface area (TPSA) is 70.7 Å². The molecule has 0 fully saturated rings. The maximum atomic E-state index is 13.7. The molecule has 1 atom stereocenters. The third-order valence-electron chi connectivity index (χ3n) is 5.92. The van der Waals surface area contributed by atoms with E-state index in [4.69, 9.17) is 21.1 Å². The summed E-state index contributed by atoms with van der Waals surface area (Å²) in [5, 5.41) is 7.50. The van der Waals surface area contributed by atoms with Crippen molar-refractivity contribution in [2.45, 2.75) is 13.3 Å². The second-order valence-electron chi connectivity index (χ2n) is 8.96. The number of carbonyl (C=O) groups excluding carboxylic acids is 1. The van der Waals surface area contributed by atoms with Crippen LogP contribution < -0.4 is 14.4 Å². The van der Waals surface area contributed by atoms with Gasteiger partial charge in [0.05, 0.1) is 17.3 Å². The smallest absolute Gasteiger partial charge is 0.236 e.